The molecule has 0 bridgehead atoms. The van der Waals surface area contributed by atoms with Crippen molar-refractivity contribution in [3.05, 3.63) is 82.5 Å². The summed E-state index contributed by atoms with van der Waals surface area (Å²) in [6.07, 6.45) is 6.53. The Morgan fingerprint density at radius 3 is 2.91 bits per heavy atom. The van der Waals surface area contributed by atoms with Gasteiger partial charge in [-0.1, -0.05) is 18.2 Å². The van der Waals surface area contributed by atoms with Gasteiger partial charge in [-0.05, 0) is 26.0 Å². The molecule has 1 N–H and O–H groups in total. The third-order valence-electron chi connectivity index (χ3n) is 4.65. The summed E-state index contributed by atoms with van der Waals surface area (Å²) < 4.78 is 33.5. The molecule has 0 spiro atoms. The van der Waals surface area contributed by atoms with Crippen molar-refractivity contribution < 1.29 is 18.3 Å². The first kappa shape index (κ1) is 22.6. The van der Waals surface area contributed by atoms with Gasteiger partial charge >= 0.3 is 0 Å². The molecule has 162 valence electrons. The molecule has 0 unspecified atom stereocenters. The average Bonchev–Trinajstić information content (AvgIpc) is 2.80. The van der Waals surface area contributed by atoms with Crippen LogP contribution in [0.25, 0.3) is 11.1 Å². The van der Waals surface area contributed by atoms with Crippen LogP contribution in [-0.2, 0) is 4.79 Å². The molecule has 0 aliphatic carbocycles. The number of hydrogen-bond acceptors (Lipinski definition) is 6. The van der Waals surface area contributed by atoms with Crippen molar-refractivity contribution in [2.24, 2.45) is 4.99 Å². The summed E-state index contributed by atoms with van der Waals surface area (Å²) in [5, 5.41) is 12.6. The van der Waals surface area contributed by atoms with Crippen LogP contribution in [0.3, 0.4) is 0 Å². The number of hydrogen-bond donors (Lipinski definition) is 1. The molecule has 1 aromatic heterocycles. The molecule has 0 saturated carbocycles. The van der Waals surface area contributed by atoms with Gasteiger partial charge in [-0.15, -0.1) is 0 Å². The highest BCUT2D eigenvalue weighted by atomic mass is 19.1. The molecule has 1 aromatic carbocycles. The molecule has 8 heteroatoms. The lowest BCUT2D eigenvalue weighted by molar-refractivity contribution is -0.103. The fourth-order valence-corrected chi connectivity index (χ4v) is 3.11. The maximum atomic E-state index is 14.1. The van der Waals surface area contributed by atoms with Crippen molar-refractivity contribution in [1.82, 2.24) is 10.3 Å². The molecule has 1 aliphatic rings. The monoisotopic (exact) mass is 434 g/mol. The first-order chi connectivity index (χ1) is 15.5. The van der Waals surface area contributed by atoms with Crippen molar-refractivity contribution in [2.45, 2.75) is 13.8 Å². The second-order valence-electron chi connectivity index (χ2n) is 6.67. The number of aromatic nitrogens is 1. The van der Waals surface area contributed by atoms with Gasteiger partial charge in [-0.25, -0.2) is 13.8 Å². The minimum Gasteiger partial charge on any atom is -0.485 e. The Hall–Kier alpha value is -4.12. The number of nitrogens with zero attached hydrogens (tertiary/aromatic N) is 3. The SMILES string of the molecule is C/C=C(\C=NCC)NC1=C(/C=C(\C=O)c2cccc(F)c2C#N)c2ncc(F)cc2OC1. The number of nitriles is 1. The predicted molar refractivity (Wildman–Crippen MR) is 118 cm³/mol. The second-order valence-corrected chi connectivity index (χ2v) is 6.67. The Balaban J connectivity index is 2.21. The Kier molecular flexibility index (Phi) is 7.24. The first-order valence-electron chi connectivity index (χ1n) is 9.83. The van der Waals surface area contributed by atoms with E-state index < -0.39 is 11.6 Å². The van der Waals surface area contributed by atoms with E-state index in [1.807, 2.05) is 19.9 Å². The second kappa shape index (κ2) is 10.3. The lowest BCUT2D eigenvalue weighted by Gasteiger charge is -2.23. The first-order valence-corrected chi connectivity index (χ1v) is 9.83. The van der Waals surface area contributed by atoms with Crippen molar-refractivity contribution in [2.75, 3.05) is 13.2 Å². The minimum atomic E-state index is -0.732. The summed E-state index contributed by atoms with van der Waals surface area (Å²) in [7, 11) is 0. The van der Waals surface area contributed by atoms with Gasteiger partial charge in [-0.3, -0.25) is 9.79 Å². The van der Waals surface area contributed by atoms with Gasteiger partial charge in [0.15, 0.2) is 6.29 Å². The molecule has 0 fully saturated rings. The van der Waals surface area contributed by atoms with E-state index >= 15 is 0 Å². The Morgan fingerprint density at radius 1 is 1.41 bits per heavy atom. The molecular formula is C24H20F2N4O2. The number of halogens is 2. The number of carbonyl (C=O) groups excluding carboxylic acids is 1. The van der Waals surface area contributed by atoms with E-state index in [1.165, 1.54) is 24.3 Å². The number of aliphatic imine (C=N–C) groups is 1. The maximum Gasteiger partial charge on any atom is 0.150 e. The van der Waals surface area contributed by atoms with Crippen molar-refractivity contribution in [3.63, 3.8) is 0 Å². The zero-order valence-corrected chi connectivity index (χ0v) is 17.5. The molecule has 1 aliphatic heterocycles. The lowest BCUT2D eigenvalue weighted by Crippen LogP contribution is -2.24. The topological polar surface area (TPSA) is 87.4 Å². The summed E-state index contributed by atoms with van der Waals surface area (Å²) in [4.78, 5) is 20.3. The van der Waals surface area contributed by atoms with E-state index in [4.69, 9.17) is 4.74 Å². The quantitative estimate of drug-likeness (QED) is 0.401. The molecule has 6 nitrogen and oxygen atoms in total. The van der Waals surface area contributed by atoms with Gasteiger partial charge in [0.2, 0.25) is 0 Å². The van der Waals surface area contributed by atoms with Crippen molar-refractivity contribution in [1.29, 1.82) is 5.26 Å². The Labute approximate surface area is 184 Å². The highest BCUT2D eigenvalue weighted by molar-refractivity contribution is 6.11. The zero-order chi connectivity index (χ0) is 23.1. The van der Waals surface area contributed by atoms with E-state index in [2.05, 4.69) is 15.3 Å². The number of allylic oxidation sites excluding steroid dienone is 5. The van der Waals surface area contributed by atoms with Gasteiger partial charge in [0.05, 0.1) is 23.2 Å². The molecule has 32 heavy (non-hydrogen) atoms. The maximum absolute atomic E-state index is 14.1. The van der Waals surface area contributed by atoms with E-state index in [9.17, 15) is 18.8 Å². The fraction of sp³-hybridized carbons (Fsp3) is 0.167. The summed E-state index contributed by atoms with van der Waals surface area (Å²) in [6.45, 7) is 4.37. The highest BCUT2D eigenvalue weighted by Crippen LogP contribution is 2.34. The van der Waals surface area contributed by atoms with E-state index in [0.29, 0.717) is 35.5 Å². The highest BCUT2D eigenvalue weighted by Gasteiger charge is 2.23. The van der Waals surface area contributed by atoms with Crippen molar-refractivity contribution >= 4 is 23.6 Å². The number of carbonyl (C=O) groups is 1. The number of fused-ring (bicyclic) bond motifs is 1. The van der Waals surface area contributed by atoms with E-state index in [-0.39, 0.29) is 29.1 Å². The number of nitrogens with one attached hydrogen (secondary N) is 1. The third-order valence-corrected chi connectivity index (χ3v) is 4.65. The van der Waals surface area contributed by atoms with Crippen LogP contribution in [0.1, 0.15) is 30.7 Å². The van der Waals surface area contributed by atoms with Crippen LogP contribution in [0.15, 0.2) is 59.0 Å². The zero-order valence-electron chi connectivity index (χ0n) is 17.5. The number of pyridine rings is 1. The Morgan fingerprint density at radius 2 is 2.22 bits per heavy atom. The number of aldehydes is 1. The number of rotatable bonds is 7. The van der Waals surface area contributed by atoms with E-state index in [0.717, 1.165) is 12.3 Å². The van der Waals surface area contributed by atoms with Crippen LogP contribution in [0, 0.1) is 23.0 Å². The minimum absolute atomic E-state index is 0.0433. The Bertz CT molecular complexity index is 1210. The van der Waals surface area contributed by atoms with Gasteiger partial charge in [0, 0.05) is 35.5 Å². The van der Waals surface area contributed by atoms with Crippen LogP contribution < -0.4 is 10.1 Å². The van der Waals surface area contributed by atoms with Gasteiger partial charge < -0.3 is 10.1 Å². The van der Waals surface area contributed by atoms with Crippen LogP contribution in [0.5, 0.6) is 5.75 Å². The normalized spacial score (nSPS) is 14.1. The molecular weight excluding hydrogens is 414 g/mol. The molecule has 3 rings (SSSR count). The molecule has 0 atom stereocenters. The number of ether oxygens (including phenoxy) is 1. The molecule has 0 saturated heterocycles. The van der Waals surface area contributed by atoms with Crippen LogP contribution >= 0.6 is 0 Å². The largest absolute Gasteiger partial charge is 0.485 e. The smallest absolute Gasteiger partial charge is 0.150 e. The fourth-order valence-electron chi connectivity index (χ4n) is 3.11. The summed E-state index contributed by atoms with van der Waals surface area (Å²) in [5.41, 5.74) is 1.94. The van der Waals surface area contributed by atoms with Crippen LogP contribution in [-0.4, -0.2) is 30.6 Å². The van der Waals surface area contributed by atoms with Crippen LogP contribution in [0.4, 0.5) is 8.78 Å². The number of benzene rings is 1. The van der Waals surface area contributed by atoms with Gasteiger partial charge in [0.25, 0.3) is 0 Å². The predicted octanol–water partition coefficient (Wildman–Crippen LogP) is 4.20. The average molecular weight is 434 g/mol. The molecule has 2 aromatic rings. The van der Waals surface area contributed by atoms with Crippen molar-refractivity contribution in [3.8, 4) is 11.8 Å². The molecule has 0 amide bonds. The molecule has 2 heterocycles. The van der Waals surface area contributed by atoms with Crippen LogP contribution in [0.2, 0.25) is 0 Å². The lowest BCUT2D eigenvalue weighted by atomic mass is 9.96. The summed E-state index contributed by atoms with van der Waals surface area (Å²) >= 11 is 0. The summed E-state index contributed by atoms with van der Waals surface area (Å²) in [6, 6.07) is 7.05. The summed E-state index contributed by atoms with van der Waals surface area (Å²) in [5.74, 6) is -1.10. The standard InChI is InChI=1S/C24H20F2N4O2/c1-3-17(12-28-4-2)30-22-14-32-23-9-16(25)11-29-24(23)19(22)8-15(13-31)18-6-5-7-21(26)20(18)10-27/h3,5-9,11-13,30H,4,14H2,1-2H3/b15-8+,17-3+,28-12?. The van der Waals surface area contributed by atoms with Gasteiger partial charge in [0.1, 0.15) is 35.8 Å². The van der Waals surface area contributed by atoms with Gasteiger partial charge in [-0.2, -0.15) is 5.26 Å². The molecule has 0 radical (unpaired) electrons. The third kappa shape index (κ3) is 4.78. The van der Waals surface area contributed by atoms with E-state index in [1.54, 1.807) is 12.3 Å².